The van der Waals surface area contributed by atoms with Crippen molar-refractivity contribution in [1.29, 1.82) is 0 Å². The van der Waals surface area contributed by atoms with Gasteiger partial charge in [-0.05, 0) is 44.4 Å². The van der Waals surface area contributed by atoms with Crippen LogP contribution in [-0.4, -0.2) is 24.0 Å². The summed E-state index contributed by atoms with van der Waals surface area (Å²) in [5, 5.41) is 0. The van der Waals surface area contributed by atoms with Crippen LogP contribution < -0.4 is 5.73 Å². The predicted octanol–water partition coefficient (Wildman–Crippen LogP) is 2.93. The summed E-state index contributed by atoms with van der Waals surface area (Å²) in [6.07, 6.45) is 3.71. The van der Waals surface area contributed by atoms with E-state index in [-0.39, 0.29) is 11.0 Å². The summed E-state index contributed by atoms with van der Waals surface area (Å²) in [5.74, 6) is 2.01. The Kier molecular flexibility index (Phi) is 3.56. The van der Waals surface area contributed by atoms with E-state index in [4.69, 9.17) is 10.2 Å². The molecular formula is C15H26N2O. The molecule has 1 atom stereocenters. The molecule has 0 aliphatic heterocycles. The van der Waals surface area contributed by atoms with Gasteiger partial charge in [0, 0.05) is 12.1 Å². The molecule has 2 rings (SSSR count). The van der Waals surface area contributed by atoms with E-state index in [1.165, 1.54) is 19.3 Å². The summed E-state index contributed by atoms with van der Waals surface area (Å²) in [6, 6.07) is 4.09. The summed E-state index contributed by atoms with van der Waals surface area (Å²) in [7, 11) is 2.18. The van der Waals surface area contributed by atoms with E-state index < -0.39 is 0 Å². The van der Waals surface area contributed by atoms with E-state index in [1.807, 2.05) is 13.0 Å². The summed E-state index contributed by atoms with van der Waals surface area (Å²) < 4.78 is 5.69. The van der Waals surface area contributed by atoms with Crippen molar-refractivity contribution in [1.82, 2.24) is 4.90 Å². The molecule has 1 unspecified atom stereocenters. The molecule has 0 bridgehead atoms. The molecule has 18 heavy (non-hydrogen) atoms. The van der Waals surface area contributed by atoms with Crippen LogP contribution in [0, 0.1) is 12.3 Å². The van der Waals surface area contributed by atoms with Gasteiger partial charge in [-0.3, -0.25) is 4.90 Å². The summed E-state index contributed by atoms with van der Waals surface area (Å²) in [4.78, 5) is 2.40. The molecule has 1 aliphatic rings. The first-order valence-electron chi connectivity index (χ1n) is 6.88. The molecule has 3 heteroatoms. The van der Waals surface area contributed by atoms with Gasteiger partial charge in [0.05, 0.1) is 6.54 Å². The van der Waals surface area contributed by atoms with Crippen LogP contribution in [0.3, 0.4) is 0 Å². The first kappa shape index (κ1) is 13.6. The maximum absolute atomic E-state index is 6.13. The van der Waals surface area contributed by atoms with Gasteiger partial charge in [-0.2, -0.15) is 0 Å². The SMILES string of the molecule is Cc1ccc(CN(C)C2(CN)CCCC2(C)C)o1. The summed E-state index contributed by atoms with van der Waals surface area (Å²) in [5.41, 5.74) is 6.51. The molecule has 2 N–H and O–H groups in total. The van der Waals surface area contributed by atoms with E-state index >= 15 is 0 Å². The number of rotatable bonds is 4. The van der Waals surface area contributed by atoms with E-state index in [1.54, 1.807) is 0 Å². The van der Waals surface area contributed by atoms with Gasteiger partial charge < -0.3 is 10.2 Å². The lowest BCUT2D eigenvalue weighted by Crippen LogP contribution is -2.57. The minimum Gasteiger partial charge on any atom is -0.465 e. The highest BCUT2D eigenvalue weighted by atomic mass is 16.3. The lowest BCUT2D eigenvalue weighted by Gasteiger charge is -2.47. The zero-order chi connectivity index (χ0) is 13.4. The van der Waals surface area contributed by atoms with Gasteiger partial charge >= 0.3 is 0 Å². The van der Waals surface area contributed by atoms with Gasteiger partial charge in [-0.15, -0.1) is 0 Å². The Morgan fingerprint density at radius 3 is 2.50 bits per heavy atom. The minimum absolute atomic E-state index is 0.105. The fourth-order valence-corrected chi connectivity index (χ4v) is 3.59. The van der Waals surface area contributed by atoms with Crippen molar-refractivity contribution in [3.8, 4) is 0 Å². The molecule has 102 valence electrons. The molecule has 1 aromatic heterocycles. The van der Waals surface area contributed by atoms with E-state index in [0.29, 0.717) is 0 Å². The van der Waals surface area contributed by atoms with Crippen molar-refractivity contribution in [3.63, 3.8) is 0 Å². The van der Waals surface area contributed by atoms with E-state index in [9.17, 15) is 0 Å². The third-order valence-corrected chi connectivity index (χ3v) is 4.91. The third-order valence-electron chi connectivity index (χ3n) is 4.91. The maximum Gasteiger partial charge on any atom is 0.118 e. The van der Waals surface area contributed by atoms with E-state index in [2.05, 4.69) is 31.9 Å². The Bertz CT molecular complexity index is 410. The van der Waals surface area contributed by atoms with Gasteiger partial charge in [0.1, 0.15) is 11.5 Å². The smallest absolute Gasteiger partial charge is 0.118 e. The Hall–Kier alpha value is -0.800. The lowest BCUT2D eigenvalue weighted by atomic mass is 9.74. The number of hydrogen-bond acceptors (Lipinski definition) is 3. The van der Waals surface area contributed by atoms with Gasteiger partial charge in [-0.25, -0.2) is 0 Å². The monoisotopic (exact) mass is 250 g/mol. The van der Waals surface area contributed by atoms with Crippen LogP contribution >= 0.6 is 0 Å². The third kappa shape index (κ3) is 2.10. The Labute approximate surface area is 110 Å². The zero-order valence-corrected chi connectivity index (χ0v) is 12.1. The fraction of sp³-hybridized carbons (Fsp3) is 0.733. The average molecular weight is 250 g/mol. The van der Waals surface area contributed by atoms with E-state index in [0.717, 1.165) is 24.6 Å². The van der Waals surface area contributed by atoms with Crippen LogP contribution in [0.5, 0.6) is 0 Å². The van der Waals surface area contributed by atoms with Crippen LogP contribution in [0.25, 0.3) is 0 Å². The first-order chi connectivity index (χ1) is 8.41. The summed E-state index contributed by atoms with van der Waals surface area (Å²) >= 11 is 0. The molecular weight excluding hydrogens is 224 g/mol. The predicted molar refractivity (Wildman–Crippen MR) is 74.3 cm³/mol. The second-order valence-electron chi connectivity index (χ2n) is 6.34. The first-order valence-corrected chi connectivity index (χ1v) is 6.88. The molecule has 1 aromatic rings. The topological polar surface area (TPSA) is 42.4 Å². The molecule has 1 heterocycles. The van der Waals surface area contributed by atoms with Crippen molar-refractivity contribution >= 4 is 0 Å². The van der Waals surface area contributed by atoms with Crippen LogP contribution in [0.4, 0.5) is 0 Å². The Morgan fingerprint density at radius 2 is 2.06 bits per heavy atom. The number of nitrogens with two attached hydrogens (primary N) is 1. The molecule has 1 fully saturated rings. The maximum atomic E-state index is 6.13. The molecule has 0 aromatic carbocycles. The molecule has 0 spiro atoms. The normalized spacial score (nSPS) is 27.0. The van der Waals surface area contributed by atoms with Gasteiger partial charge in [0.2, 0.25) is 0 Å². The van der Waals surface area contributed by atoms with Crippen molar-refractivity contribution < 1.29 is 4.42 Å². The number of furan rings is 1. The highest BCUT2D eigenvalue weighted by Crippen LogP contribution is 2.48. The average Bonchev–Trinajstić information content (AvgIpc) is 2.82. The molecule has 0 radical (unpaired) electrons. The standard InChI is InChI=1S/C15H26N2O/c1-12-6-7-13(18-12)10-17(4)15(11-16)9-5-8-14(15,2)3/h6-7H,5,8-11,16H2,1-4H3. The summed E-state index contributed by atoms with van der Waals surface area (Å²) in [6.45, 7) is 8.24. The van der Waals surface area contributed by atoms with Crippen molar-refractivity contribution in [2.75, 3.05) is 13.6 Å². The zero-order valence-electron chi connectivity index (χ0n) is 12.1. The molecule has 1 saturated carbocycles. The Morgan fingerprint density at radius 1 is 1.33 bits per heavy atom. The number of likely N-dealkylation sites (N-methyl/N-ethyl adjacent to an activating group) is 1. The van der Waals surface area contributed by atoms with Crippen LogP contribution in [-0.2, 0) is 6.54 Å². The molecule has 0 amide bonds. The second kappa shape index (κ2) is 4.71. The van der Waals surface area contributed by atoms with Crippen LogP contribution in [0.2, 0.25) is 0 Å². The lowest BCUT2D eigenvalue weighted by molar-refractivity contribution is 0.0231. The van der Waals surface area contributed by atoms with Crippen molar-refractivity contribution in [2.24, 2.45) is 11.1 Å². The van der Waals surface area contributed by atoms with Gasteiger partial charge in [-0.1, -0.05) is 20.3 Å². The number of hydrogen-bond donors (Lipinski definition) is 1. The second-order valence-corrected chi connectivity index (χ2v) is 6.34. The highest BCUT2D eigenvalue weighted by molar-refractivity contribution is 5.10. The molecule has 0 saturated heterocycles. The van der Waals surface area contributed by atoms with Crippen LogP contribution in [0.1, 0.15) is 44.6 Å². The van der Waals surface area contributed by atoms with Crippen molar-refractivity contribution in [2.45, 2.75) is 52.1 Å². The van der Waals surface area contributed by atoms with Crippen molar-refractivity contribution in [3.05, 3.63) is 23.7 Å². The highest BCUT2D eigenvalue weighted by Gasteiger charge is 2.50. The minimum atomic E-state index is 0.105. The number of nitrogens with zero attached hydrogens (tertiary/aromatic N) is 1. The molecule has 3 nitrogen and oxygen atoms in total. The molecule has 1 aliphatic carbocycles. The van der Waals surface area contributed by atoms with Crippen LogP contribution in [0.15, 0.2) is 16.5 Å². The fourth-order valence-electron chi connectivity index (χ4n) is 3.59. The number of aryl methyl sites for hydroxylation is 1. The quantitative estimate of drug-likeness (QED) is 0.893. The Balaban J connectivity index is 2.18. The van der Waals surface area contributed by atoms with Gasteiger partial charge in [0.25, 0.3) is 0 Å². The van der Waals surface area contributed by atoms with Gasteiger partial charge in [0.15, 0.2) is 0 Å². The largest absolute Gasteiger partial charge is 0.465 e.